The van der Waals surface area contributed by atoms with Crippen LogP contribution < -0.4 is 5.56 Å². The van der Waals surface area contributed by atoms with Gasteiger partial charge in [-0.15, -0.1) is 0 Å². The third kappa shape index (κ3) is 1.59. The molecular weight excluding hydrogens is 154 g/mol. The topological polar surface area (TPSA) is 32.9 Å². The molecule has 4 heteroatoms. The van der Waals surface area contributed by atoms with Gasteiger partial charge in [0.15, 0.2) is 0 Å². The highest BCUT2D eigenvalue weighted by Crippen LogP contribution is 2.19. The fourth-order valence-corrected chi connectivity index (χ4v) is 1.35. The summed E-state index contributed by atoms with van der Waals surface area (Å²) in [7, 11) is 0. The Morgan fingerprint density at radius 3 is 2.78 bits per heavy atom. The van der Waals surface area contributed by atoms with Crippen LogP contribution in [0.15, 0.2) is 10.9 Å². The van der Waals surface area contributed by atoms with E-state index in [1.54, 1.807) is 6.07 Å². The Labute approximate surface area is 62.5 Å². The van der Waals surface area contributed by atoms with Gasteiger partial charge in [0.05, 0.1) is 0 Å². The third-order valence-corrected chi connectivity index (χ3v) is 2.42. The first-order valence-corrected chi connectivity index (χ1v) is 3.90. The molecule has 1 rings (SSSR count). The maximum atomic E-state index is 10.5. The van der Waals surface area contributed by atoms with Gasteiger partial charge in [-0.2, -0.15) is 12.6 Å². The Bertz CT molecular complexity index is 237. The van der Waals surface area contributed by atoms with Gasteiger partial charge in [-0.1, -0.05) is 11.5 Å². The van der Waals surface area contributed by atoms with Crippen molar-refractivity contribution in [3.8, 4) is 0 Å². The number of rotatable bonds is 1. The van der Waals surface area contributed by atoms with Crippen LogP contribution in [0.25, 0.3) is 0 Å². The predicted octanol–water partition coefficient (Wildman–Crippen LogP) is 1.43. The fraction of sp³-hybridized carbons (Fsp3) is 0.400. The first-order valence-electron chi connectivity index (χ1n) is 2.56. The van der Waals surface area contributed by atoms with Gasteiger partial charge in [0.1, 0.15) is 0 Å². The smallest absolute Gasteiger partial charge is 0.258 e. The minimum atomic E-state index is -0.0316. The summed E-state index contributed by atoms with van der Waals surface area (Å²) in [6, 6.07) is 1.57. The van der Waals surface area contributed by atoms with Crippen molar-refractivity contribution in [1.82, 2.24) is 4.37 Å². The molecule has 0 radical (unpaired) electrons. The van der Waals surface area contributed by atoms with E-state index in [2.05, 4.69) is 17.0 Å². The molecule has 0 aliphatic rings. The summed E-state index contributed by atoms with van der Waals surface area (Å²) < 4.78 is 2.59. The number of hydrogen-bond acceptors (Lipinski definition) is 3. The minimum Gasteiger partial charge on any atom is -0.278 e. The molecule has 0 saturated carbocycles. The highest BCUT2D eigenvalue weighted by Gasteiger charge is 2.00. The molecule has 50 valence electrons. The summed E-state index contributed by atoms with van der Waals surface area (Å²) in [6.45, 7) is 1.93. The number of thiol groups is 1. The maximum Gasteiger partial charge on any atom is 0.258 e. The van der Waals surface area contributed by atoms with Crippen LogP contribution in [-0.4, -0.2) is 4.37 Å². The summed E-state index contributed by atoms with van der Waals surface area (Å²) in [6.07, 6.45) is 0. The van der Waals surface area contributed by atoms with Crippen molar-refractivity contribution in [2.45, 2.75) is 12.2 Å². The van der Waals surface area contributed by atoms with Crippen molar-refractivity contribution in [1.29, 1.82) is 0 Å². The molecule has 0 fully saturated rings. The van der Waals surface area contributed by atoms with Gasteiger partial charge >= 0.3 is 0 Å². The molecule has 0 aliphatic carbocycles. The molecule has 0 bridgehead atoms. The standard InChI is InChI=1S/C5H7NOS2/c1-3(8)4-2-5(7)6-9-4/h2-3,8H,1H3,(H,6,7). The lowest BCUT2D eigenvalue weighted by Crippen LogP contribution is -1.92. The van der Waals surface area contributed by atoms with Crippen molar-refractivity contribution in [3.05, 3.63) is 21.3 Å². The molecule has 2 nitrogen and oxygen atoms in total. The monoisotopic (exact) mass is 161 g/mol. The van der Waals surface area contributed by atoms with Crippen LogP contribution in [0, 0.1) is 0 Å². The van der Waals surface area contributed by atoms with Crippen LogP contribution >= 0.6 is 24.2 Å². The van der Waals surface area contributed by atoms with Gasteiger partial charge in [0, 0.05) is 16.2 Å². The second-order valence-corrected chi connectivity index (χ2v) is 3.45. The highest BCUT2D eigenvalue weighted by molar-refractivity contribution is 7.80. The van der Waals surface area contributed by atoms with E-state index in [0.29, 0.717) is 0 Å². The van der Waals surface area contributed by atoms with Gasteiger partial charge in [-0.3, -0.25) is 9.17 Å². The SMILES string of the molecule is CC(S)c1cc(=O)[nH]s1. The van der Waals surface area contributed by atoms with E-state index in [1.165, 1.54) is 11.5 Å². The van der Waals surface area contributed by atoms with E-state index >= 15 is 0 Å². The summed E-state index contributed by atoms with van der Waals surface area (Å²) >= 11 is 5.50. The van der Waals surface area contributed by atoms with Crippen molar-refractivity contribution in [2.75, 3.05) is 0 Å². The summed E-state index contributed by atoms with van der Waals surface area (Å²) in [4.78, 5) is 11.5. The molecule has 9 heavy (non-hydrogen) atoms. The maximum absolute atomic E-state index is 10.5. The van der Waals surface area contributed by atoms with Crippen molar-refractivity contribution in [3.63, 3.8) is 0 Å². The van der Waals surface area contributed by atoms with Crippen LogP contribution in [0.1, 0.15) is 17.1 Å². The molecule has 1 N–H and O–H groups in total. The first kappa shape index (κ1) is 6.89. The quantitative estimate of drug-likeness (QED) is 0.600. The minimum absolute atomic E-state index is 0.0316. The molecule has 0 amide bonds. The second kappa shape index (κ2) is 2.58. The van der Waals surface area contributed by atoms with Crippen LogP contribution in [-0.2, 0) is 0 Å². The Morgan fingerprint density at radius 2 is 2.56 bits per heavy atom. The molecule has 1 aromatic rings. The van der Waals surface area contributed by atoms with E-state index in [0.717, 1.165) is 4.88 Å². The molecule has 0 spiro atoms. The van der Waals surface area contributed by atoms with Crippen LogP contribution in [0.5, 0.6) is 0 Å². The van der Waals surface area contributed by atoms with E-state index in [-0.39, 0.29) is 10.8 Å². The Kier molecular flexibility index (Phi) is 1.97. The van der Waals surface area contributed by atoms with E-state index in [1.807, 2.05) is 6.92 Å². The lowest BCUT2D eigenvalue weighted by atomic mass is 10.4. The van der Waals surface area contributed by atoms with Crippen LogP contribution in [0.4, 0.5) is 0 Å². The fourth-order valence-electron chi connectivity index (χ4n) is 0.503. The number of aromatic amines is 1. The predicted molar refractivity (Wildman–Crippen MR) is 42.3 cm³/mol. The van der Waals surface area contributed by atoms with Crippen molar-refractivity contribution >= 4 is 24.2 Å². The molecule has 1 unspecified atom stereocenters. The van der Waals surface area contributed by atoms with Gasteiger partial charge < -0.3 is 0 Å². The largest absolute Gasteiger partial charge is 0.278 e. The molecular formula is C5H7NOS2. The first-order chi connectivity index (χ1) is 4.20. The second-order valence-electron chi connectivity index (χ2n) is 1.79. The zero-order valence-corrected chi connectivity index (χ0v) is 6.63. The normalized spacial score (nSPS) is 13.6. The number of H-pyrrole nitrogens is 1. The molecule has 0 aliphatic heterocycles. The van der Waals surface area contributed by atoms with Crippen molar-refractivity contribution < 1.29 is 0 Å². The summed E-state index contributed by atoms with van der Waals surface area (Å²) in [5, 5.41) is 0.161. The van der Waals surface area contributed by atoms with E-state index in [9.17, 15) is 4.79 Å². The van der Waals surface area contributed by atoms with Crippen LogP contribution in [0.3, 0.4) is 0 Å². The number of nitrogens with one attached hydrogen (secondary N) is 1. The number of hydrogen-bond donors (Lipinski definition) is 2. The molecule has 1 aromatic heterocycles. The van der Waals surface area contributed by atoms with E-state index in [4.69, 9.17) is 0 Å². The number of aromatic nitrogens is 1. The average molecular weight is 161 g/mol. The molecule has 1 heterocycles. The third-order valence-electron chi connectivity index (χ3n) is 0.955. The average Bonchev–Trinajstić information content (AvgIpc) is 2.14. The van der Waals surface area contributed by atoms with Gasteiger partial charge in [-0.25, -0.2) is 0 Å². The lowest BCUT2D eigenvalue weighted by molar-refractivity contribution is 1.15. The van der Waals surface area contributed by atoms with Gasteiger partial charge in [-0.05, 0) is 6.92 Å². The Hall–Kier alpha value is -0.220. The molecule has 0 saturated heterocycles. The van der Waals surface area contributed by atoms with Gasteiger partial charge in [0.2, 0.25) is 0 Å². The zero-order chi connectivity index (χ0) is 6.85. The molecule has 0 aromatic carbocycles. The Balaban J connectivity index is 2.98. The highest BCUT2D eigenvalue weighted by atomic mass is 32.1. The van der Waals surface area contributed by atoms with E-state index < -0.39 is 0 Å². The molecule has 1 atom stereocenters. The zero-order valence-electron chi connectivity index (χ0n) is 4.92. The summed E-state index contributed by atoms with van der Waals surface area (Å²) in [5.41, 5.74) is -0.0316. The van der Waals surface area contributed by atoms with Crippen LogP contribution in [0.2, 0.25) is 0 Å². The summed E-state index contributed by atoms with van der Waals surface area (Å²) in [5.74, 6) is 0. The van der Waals surface area contributed by atoms with Crippen molar-refractivity contribution in [2.24, 2.45) is 0 Å². The van der Waals surface area contributed by atoms with Gasteiger partial charge in [0.25, 0.3) is 5.56 Å². The Morgan fingerprint density at radius 1 is 1.89 bits per heavy atom. The lowest BCUT2D eigenvalue weighted by Gasteiger charge is -1.93.